The average Bonchev–Trinajstić information content (AvgIpc) is 3.31. The van der Waals surface area contributed by atoms with Crippen LogP contribution in [0, 0.1) is 10.8 Å². The van der Waals surface area contributed by atoms with Crippen LogP contribution in [0.2, 0.25) is 0 Å². The van der Waals surface area contributed by atoms with Crippen molar-refractivity contribution in [3.63, 3.8) is 0 Å². The summed E-state index contributed by atoms with van der Waals surface area (Å²) in [6.45, 7) is 11.1. The first-order valence-corrected chi connectivity index (χ1v) is 14.5. The number of carbonyl (C=O) groups is 4. The molecule has 2 spiro atoms. The Balaban J connectivity index is 0.00000324. The van der Waals surface area contributed by atoms with Crippen LogP contribution in [0.5, 0.6) is 0 Å². The van der Waals surface area contributed by atoms with E-state index < -0.39 is 22.8 Å². The molecular weight excluding hydrogens is 732 g/mol. The fraction of sp³-hybridized carbons (Fsp3) is 0.833. The van der Waals surface area contributed by atoms with E-state index in [4.69, 9.17) is 9.47 Å². The number of halogens is 4. The Morgan fingerprint density at radius 3 is 1.25 bits per heavy atom. The summed E-state index contributed by atoms with van der Waals surface area (Å²) in [5.74, 6) is -1.07. The SMILES string of the molecule is CCOC(=O)C1(C(C)=O)CC(CBr)[N+]2(CC[N+]3(CC2)CC(C(C)=O)(C(=O)OCC)CC3CBr)C1.[Br-].[Br-]. The predicted octanol–water partition coefficient (Wildman–Crippen LogP) is -3.75. The van der Waals surface area contributed by atoms with Gasteiger partial charge in [0.1, 0.15) is 51.4 Å². The molecule has 208 valence electrons. The van der Waals surface area contributed by atoms with E-state index in [1.165, 1.54) is 13.8 Å². The molecule has 3 saturated heterocycles. The van der Waals surface area contributed by atoms with Crippen LogP contribution >= 0.6 is 31.9 Å². The minimum atomic E-state index is -1.11. The summed E-state index contributed by atoms with van der Waals surface area (Å²) in [4.78, 5) is 51.5. The Bertz CT molecular complexity index is 782. The second kappa shape index (κ2) is 13.0. The lowest BCUT2D eigenvalue weighted by atomic mass is 9.81. The number of hydrogen-bond acceptors (Lipinski definition) is 6. The van der Waals surface area contributed by atoms with Crippen LogP contribution in [-0.2, 0) is 28.7 Å². The molecule has 8 nitrogen and oxygen atoms in total. The molecule has 0 aromatic rings. The fourth-order valence-electron chi connectivity index (χ4n) is 6.75. The molecule has 0 radical (unpaired) electrons. The fourth-order valence-corrected chi connectivity index (χ4v) is 8.44. The quantitative estimate of drug-likeness (QED) is 0.109. The van der Waals surface area contributed by atoms with Gasteiger partial charge in [-0.25, -0.2) is 0 Å². The number of carbonyl (C=O) groups excluding carboxylic acids is 4. The lowest BCUT2D eigenvalue weighted by Gasteiger charge is -2.51. The highest BCUT2D eigenvalue weighted by Gasteiger charge is 2.68. The maximum absolute atomic E-state index is 13.0. The molecule has 0 amide bonds. The first-order chi connectivity index (χ1) is 16.0. The molecular formula is C24H38Br4N2O6. The standard InChI is InChI=1S/C24H38Br2N2O6.2BrH/c1-5-33-21(31)23(17(3)29)11-19(13-25)27(15-23)7-9-28(10-8-27)16-24(18(4)30,12-20(28)14-26)22(32)34-6-2;;/h19-20H,5-16H2,1-4H3;2*1H/q+2;;/p-2. The topological polar surface area (TPSA) is 86.7 Å². The zero-order chi connectivity index (χ0) is 25.4. The number of esters is 2. The third-order valence-electron chi connectivity index (χ3n) is 8.90. The van der Waals surface area contributed by atoms with Gasteiger partial charge >= 0.3 is 11.9 Å². The lowest BCUT2D eigenvalue weighted by Crippen LogP contribution is -3.00. The Morgan fingerprint density at radius 1 is 0.722 bits per heavy atom. The van der Waals surface area contributed by atoms with Gasteiger partial charge in [0, 0.05) is 12.8 Å². The number of ether oxygens (including phenoxy) is 2. The maximum atomic E-state index is 13.0. The van der Waals surface area contributed by atoms with E-state index in [2.05, 4.69) is 31.9 Å². The Labute approximate surface area is 252 Å². The number of Topliss-reactive ketones (excluding diaryl/α,β-unsaturated/α-hetero) is 2. The Hall–Kier alpha value is 0.120. The monoisotopic (exact) mass is 766 g/mol. The van der Waals surface area contributed by atoms with Gasteiger partial charge in [0.2, 0.25) is 0 Å². The van der Waals surface area contributed by atoms with Gasteiger partial charge in [0.15, 0.2) is 22.4 Å². The van der Waals surface area contributed by atoms with Crippen LogP contribution in [0.3, 0.4) is 0 Å². The van der Waals surface area contributed by atoms with Crippen molar-refractivity contribution >= 4 is 55.4 Å². The zero-order valence-electron chi connectivity index (χ0n) is 21.5. The van der Waals surface area contributed by atoms with Crippen molar-refractivity contribution in [3.05, 3.63) is 0 Å². The van der Waals surface area contributed by atoms with Crippen molar-refractivity contribution in [1.29, 1.82) is 0 Å². The number of alkyl halides is 2. The van der Waals surface area contributed by atoms with Crippen molar-refractivity contribution in [2.24, 2.45) is 10.8 Å². The molecule has 3 aliphatic heterocycles. The van der Waals surface area contributed by atoms with E-state index in [9.17, 15) is 19.2 Å². The summed E-state index contributed by atoms with van der Waals surface area (Å²) < 4.78 is 12.1. The third-order valence-corrected chi connectivity index (χ3v) is 10.4. The summed E-state index contributed by atoms with van der Waals surface area (Å²) >= 11 is 7.30. The largest absolute Gasteiger partial charge is 1.00 e. The first-order valence-electron chi connectivity index (χ1n) is 12.2. The van der Waals surface area contributed by atoms with Crippen molar-refractivity contribution in [3.8, 4) is 0 Å². The van der Waals surface area contributed by atoms with Crippen molar-refractivity contribution in [2.45, 2.75) is 52.6 Å². The van der Waals surface area contributed by atoms with Gasteiger partial charge < -0.3 is 52.4 Å². The number of piperazine rings is 1. The van der Waals surface area contributed by atoms with Crippen molar-refractivity contribution < 1.29 is 71.6 Å². The summed E-state index contributed by atoms with van der Waals surface area (Å²) in [6, 6.07) is 0.252. The molecule has 3 rings (SSSR count). The van der Waals surface area contributed by atoms with Gasteiger partial charge in [-0.2, -0.15) is 0 Å². The molecule has 0 bridgehead atoms. The summed E-state index contributed by atoms with van der Waals surface area (Å²) in [5.41, 5.74) is -2.21. The highest BCUT2D eigenvalue weighted by atomic mass is 79.9. The molecule has 3 fully saturated rings. The second-order valence-corrected chi connectivity index (χ2v) is 11.7. The average molecular weight is 770 g/mol. The molecule has 12 heteroatoms. The number of hydrogen-bond donors (Lipinski definition) is 0. The molecule has 4 atom stereocenters. The molecule has 0 aliphatic carbocycles. The Morgan fingerprint density at radius 2 is 1.03 bits per heavy atom. The molecule has 0 aromatic heterocycles. The zero-order valence-corrected chi connectivity index (χ0v) is 27.8. The van der Waals surface area contributed by atoms with Gasteiger partial charge in [-0.15, -0.1) is 0 Å². The molecule has 0 saturated carbocycles. The van der Waals surface area contributed by atoms with Crippen LogP contribution in [0.15, 0.2) is 0 Å². The third kappa shape index (κ3) is 5.55. The smallest absolute Gasteiger partial charge is 0.325 e. The molecule has 3 heterocycles. The van der Waals surface area contributed by atoms with E-state index in [1.54, 1.807) is 13.8 Å². The minimum absolute atomic E-state index is 0. The second-order valence-electron chi connectivity index (χ2n) is 10.4. The van der Waals surface area contributed by atoms with Gasteiger partial charge in [-0.1, -0.05) is 31.9 Å². The first kappa shape index (κ1) is 34.1. The van der Waals surface area contributed by atoms with E-state index in [-0.39, 0.29) is 70.8 Å². The normalized spacial score (nSPS) is 37.2. The number of rotatable bonds is 8. The molecule has 3 aliphatic rings. The summed E-state index contributed by atoms with van der Waals surface area (Å²) in [7, 11) is 0. The van der Waals surface area contributed by atoms with E-state index in [0.717, 1.165) is 26.2 Å². The molecule has 4 unspecified atom stereocenters. The maximum Gasteiger partial charge on any atom is 0.325 e. The van der Waals surface area contributed by atoms with Crippen LogP contribution < -0.4 is 34.0 Å². The number of nitrogens with zero attached hydrogens (tertiary/aromatic N) is 2. The van der Waals surface area contributed by atoms with Crippen LogP contribution in [0.25, 0.3) is 0 Å². The molecule has 0 N–H and O–H groups in total. The van der Waals surface area contributed by atoms with Gasteiger partial charge in [0.05, 0.1) is 23.9 Å². The molecule has 0 aromatic carbocycles. The summed E-state index contributed by atoms with van der Waals surface area (Å²) in [6.07, 6.45) is 0.961. The van der Waals surface area contributed by atoms with Crippen LogP contribution in [0.1, 0.15) is 40.5 Å². The van der Waals surface area contributed by atoms with Gasteiger partial charge in [-0.05, 0) is 27.7 Å². The van der Waals surface area contributed by atoms with Crippen LogP contribution in [0.4, 0.5) is 0 Å². The predicted molar refractivity (Wildman–Crippen MR) is 134 cm³/mol. The summed E-state index contributed by atoms with van der Waals surface area (Å²) in [5, 5.41) is 1.40. The van der Waals surface area contributed by atoms with Gasteiger partial charge in [-0.3, -0.25) is 19.2 Å². The highest BCUT2D eigenvalue weighted by Crippen LogP contribution is 2.48. The lowest BCUT2D eigenvalue weighted by molar-refractivity contribution is -1.04. The van der Waals surface area contributed by atoms with E-state index >= 15 is 0 Å². The van der Waals surface area contributed by atoms with Gasteiger partial charge in [0.25, 0.3) is 0 Å². The van der Waals surface area contributed by atoms with E-state index in [0.29, 0.717) is 45.6 Å². The number of ketones is 2. The van der Waals surface area contributed by atoms with Crippen molar-refractivity contribution in [2.75, 3.05) is 63.1 Å². The van der Waals surface area contributed by atoms with Crippen LogP contribution in [-0.4, -0.2) is 108 Å². The number of quaternary nitrogens is 2. The van der Waals surface area contributed by atoms with Crippen molar-refractivity contribution in [1.82, 2.24) is 0 Å². The Kier molecular flexibility index (Phi) is 12.3. The van der Waals surface area contributed by atoms with E-state index in [1.807, 2.05) is 0 Å². The minimum Gasteiger partial charge on any atom is -1.00 e. The molecule has 36 heavy (non-hydrogen) atoms. The highest BCUT2D eigenvalue weighted by molar-refractivity contribution is 9.09.